The Kier molecular flexibility index (Phi) is 2.14. The number of carboxylic acids is 1. The molecule has 94 valence electrons. The molecule has 0 radical (unpaired) electrons. The Morgan fingerprint density at radius 1 is 1.56 bits per heavy atom. The summed E-state index contributed by atoms with van der Waals surface area (Å²) in [4.78, 5) is 15.8. The van der Waals surface area contributed by atoms with Gasteiger partial charge in [-0.05, 0) is 20.8 Å². The van der Waals surface area contributed by atoms with Crippen molar-refractivity contribution in [2.24, 2.45) is 0 Å². The maximum absolute atomic E-state index is 11.3. The molecule has 0 amide bonds. The molecule has 2 aromatic heterocycles. The van der Waals surface area contributed by atoms with Crippen LogP contribution in [-0.2, 0) is 6.42 Å². The van der Waals surface area contributed by atoms with Crippen molar-refractivity contribution in [1.29, 1.82) is 0 Å². The zero-order valence-corrected chi connectivity index (χ0v) is 10.5. The van der Waals surface area contributed by atoms with Crippen molar-refractivity contribution < 1.29 is 14.6 Å². The zero-order chi connectivity index (χ0) is 13.0. The molecule has 0 aromatic carbocycles. The number of imidazole rings is 1. The van der Waals surface area contributed by atoms with Crippen molar-refractivity contribution in [2.45, 2.75) is 33.3 Å². The fourth-order valence-corrected chi connectivity index (χ4v) is 2.45. The highest BCUT2D eigenvalue weighted by atomic mass is 16.5. The maximum atomic E-state index is 11.3. The minimum absolute atomic E-state index is 0.00149. The molecule has 3 heterocycles. The quantitative estimate of drug-likeness (QED) is 0.835. The molecule has 0 aliphatic carbocycles. The third-order valence-electron chi connectivity index (χ3n) is 3.49. The van der Waals surface area contributed by atoms with Crippen molar-refractivity contribution >= 4 is 11.6 Å². The Morgan fingerprint density at radius 3 is 2.94 bits per heavy atom. The van der Waals surface area contributed by atoms with Crippen molar-refractivity contribution in [2.75, 3.05) is 0 Å². The van der Waals surface area contributed by atoms with Gasteiger partial charge in [0.05, 0.1) is 11.3 Å². The largest absolute Gasteiger partial charge is 0.486 e. The molecule has 0 saturated carbocycles. The van der Waals surface area contributed by atoms with Crippen molar-refractivity contribution in [1.82, 2.24) is 9.38 Å². The molecule has 5 nitrogen and oxygen atoms in total. The molecular weight excluding hydrogens is 232 g/mol. The monoisotopic (exact) mass is 246 g/mol. The SMILES string of the molecule is Cc1nc2c3c(c(C(=O)O)cn2c1C)CC(C)O3. The van der Waals surface area contributed by atoms with E-state index in [0.29, 0.717) is 23.4 Å². The van der Waals surface area contributed by atoms with Crippen molar-refractivity contribution in [3.8, 4) is 5.75 Å². The Hall–Kier alpha value is -2.04. The summed E-state index contributed by atoms with van der Waals surface area (Å²) < 4.78 is 7.53. The van der Waals surface area contributed by atoms with Gasteiger partial charge in [-0.15, -0.1) is 0 Å². The third-order valence-corrected chi connectivity index (χ3v) is 3.49. The average Bonchev–Trinajstić information content (AvgIpc) is 2.80. The fraction of sp³-hybridized carbons (Fsp3) is 0.385. The summed E-state index contributed by atoms with van der Waals surface area (Å²) in [5, 5.41) is 9.30. The first kappa shape index (κ1) is 11.1. The number of aryl methyl sites for hydroxylation is 2. The molecule has 1 N–H and O–H groups in total. The van der Waals surface area contributed by atoms with Crippen LogP contribution in [0.25, 0.3) is 5.65 Å². The zero-order valence-electron chi connectivity index (χ0n) is 10.5. The second-order valence-corrected chi connectivity index (χ2v) is 4.76. The van der Waals surface area contributed by atoms with E-state index in [1.807, 2.05) is 20.8 Å². The minimum atomic E-state index is -0.920. The van der Waals surface area contributed by atoms with Crippen LogP contribution in [0.3, 0.4) is 0 Å². The number of carboxylic acid groups (broad SMARTS) is 1. The van der Waals surface area contributed by atoms with Gasteiger partial charge >= 0.3 is 5.97 Å². The van der Waals surface area contributed by atoms with Crippen LogP contribution in [0.15, 0.2) is 6.20 Å². The van der Waals surface area contributed by atoms with Gasteiger partial charge in [-0.3, -0.25) is 0 Å². The number of aromatic carboxylic acids is 1. The molecule has 18 heavy (non-hydrogen) atoms. The lowest BCUT2D eigenvalue weighted by atomic mass is 10.1. The molecule has 3 rings (SSSR count). The van der Waals surface area contributed by atoms with Gasteiger partial charge in [0.15, 0.2) is 11.4 Å². The number of nitrogens with zero attached hydrogens (tertiary/aromatic N) is 2. The van der Waals surface area contributed by atoms with E-state index in [1.165, 1.54) is 0 Å². The van der Waals surface area contributed by atoms with Gasteiger partial charge in [-0.1, -0.05) is 0 Å². The Bertz CT molecular complexity index is 673. The highest BCUT2D eigenvalue weighted by molar-refractivity contribution is 5.91. The lowest BCUT2D eigenvalue weighted by Crippen LogP contribution is -2.06. The van der Waals surface area contributed by atoms with Gasteiger partial charge in [0.1, 0.15) is 6.10 Å². The van der Waals surface area contributed by atoms with E-state index in [9.17, 15) is 9.90 Å². The topological polar surface area (TPSA) is 63.8 Å². The molecule has 1 atom stereocenters. The number of fused-ring (bicyclic) bond motifs is 3. The summed E-state index contributed by atoms with van der Waals surface area (Å²) in [6.45, 7) is 5.77. The Labute approximate surface area is 104 Å². The van der Waals surface area contributed by atoms with Crippen LogP contribution in [-0.4, -0.2) is 26.6 Å². The second kappa shape index (κ2) is 3.48. The van der Waals surface area contributed by atoms with E-state index < -0.39 is 5.97 Å². The van der Waals surface area contributed by atoms with Crippen LogP contribution in [0, 0.1) is 13.8 Å². The van der Waals surface area contributed by atoms with Gasteiger partial charge in [0.25, 0.3) is 0 Å². The molecule has 1 unspecified atom stereocenters. The summed E-state index contributed by atoms with van der Waals surface area (Å²) in [5.74, 6) is -0.296. The number of rotatable bonds is 1. The third kappa shape index (κ3) is 1.33. The summed E-state index contributed by atoms with van der Waals surface area (Å²) >= 11 is 0. The van der Waals surface area contributed by atoms with E-state index >= 15 is 0 Å². The number of hydrogen-bond donors (Lipinski definition) is 1. The fourth-order valence-electron chi connectivity index (χ4n) is 2.45. The molecule has 0 bridgehead atoms. The lowest BCUT2D eigenvalue weighted by Gasteiger charge is -2.06. The highest BCUT2D eigenvalue weighted by Crippen LogP contribution is 2.36. The average molecular weight is 246 g/mol. The molecule has 1 aliphatic rings. The molecule has 5 heteroatoms. The van der Waals surface area contributed by atoms with Crippen LogP contribution in [0.1, 0.15) is 34.2 Å². The molecule has 0 saturated heterocycles. The molecule has 1 aliphatic heterocycles. The van der Waals surface area contributed by atoms with E-state index in [0.717, 1.165) is 17.0 Å². The van der Waals surface area contributed by atoms with Gasteiger partial charge in [0, 0.05) is 23.9 Å². The minimum Gasteiger partial charge on any atom is -0.486 e. The van der Waals surface area contributed by atoms with Gasteiger partial charge in [-0.2, -0.15) is 0 Å². The summed E-state index contributed by atoms with van der Waals surface area (Å²) in [7, 11) is 0. The van der Waals surface area contributed by atoms with E-state index in [2.05, 4.69) is 4.98 Å². The van der Waals surface area contributed by atoms with Crippen LogP contribution >= 0.6 is 0 Å². The van der Waals surface area contributed by atoms with Crippen LogP contribution in [0.5, 0.6) is 5.75 Å². The summed E-state index contributed by atoms with van der Waals surface area (Å²) in [6.07, 6.45) is 2.27. The Balaban J connectivity index is 2.42. The molecule has 2 aromatic rings. The predicted molar refractivity (Wildman–Crippen MR) is 65.4 cm³/mol. The number of ether oxygens (including phenoxy) is 1. The second-order valence-electron chi connectivity index (χ2n) is 4.76. The van der Waals surface area contributed by atoms with Crippen LogP contribution in [0.4, 0.5) is 0 Å². The standard InChI is InChI=1S/C13H14N2O3/c1-6-4-9-10(13(16)17)5-15-8(3)7(2)14-12(15)11(9)18-6/h5-6H,4H2,1-3H3,(H,16,17). The number of aromatic nitrogens is 2. The van der Waals surface area contributed by atoms with E-state index in [4.69, 9.17) is 4.74 Å². The summed E-state index contributed by atoms with van der Waals surface area (Å²) in [6, 6.07) is 0. The smallest absolute Gasteiger partial charge is 0.337 e. The number of carbonyl (C=O) groups is 1. The first-order valence-corrected chi connectivity index (χ1v) is 5.90. The Morgan fingerprint density at radius 2 is 2.28 bits per heavy atom. The van der Waals surface area contributed by atoms with Crippen LogP contribution in [0.2, 0.25) is 0 Å². The first-order chi connectivity index (χ1) is 8.49. The molecule has 0 fully saturated rings. The lowest BCUT2D eigenvalue weighted by molar-refractivity contribution is 0.0695. The molecule has 0 spiro atoms. The molecular formula is C13H14N2O3. The van der Waals surface area contributed by atoms with Crippen molar-refractivity contribution in [3.05, 3.63) is 28.7 Å². The van der Waals surface area contributed by atoms with Gasteiger partial charge < -0.3 is 14.2 Å². The van der Waals surface area contributed by atoms with E-state index in [1.54, 1.807) is 10.6 Å². The number of pyridine rings is 1. The van der Waals surface area contributed by atoms with Gasteiger partial charge in [0.2, 0.25) is 0 Å². The normalized spacial score (nSPS) is 17.8. The first-order valence-electron chi connectivity index (χ1n) is 5.90. The highest BCUT2D eigenvalue weighted by Gasteiger charge is 2.29. The van der Waals surface area contributed by atoms with Crippen LogP contribution < -0.4 is 4.74 Å². The van der Waals surface area contributed by atoms with Gasteiger partial charge in [-0.25, -0.2) is 9.78 Å². The number of hydrogen-bond acceptors (Lipinski definition) is 3. The maximum Gasteiger partial charge on any atom is 0.337 e. The summed E-state index contributed by atoms with van der Waals surface area (Å²) in [5.41, 5.74) is 3.62. The van der Waals surface area contributed by atoms with E-state index in [-0.39, 0.29) is 6.10 Å². The van der Waals surface area contributed by atoms with Crippen molar-refractivity contribution in [3.63, 3.8) is 0 Å². The predicted octanol–water partition coefficient (Wildman–Crippen LogP) is 1.97.